The van der Waals surface area contributed by atoms with E-state index in [4.69, 9.17) is 9.41 Å². The van der Waals surface area contributed by atoms with Gasteiger partial charge >= 0.3 is 0 Å². The maximum Gasteiger partial charge on any atom is 0.203 e. The van der Waals surface area contributed by atoms with Gasteiger partial charge in [0, 0.05) is 35.1 Å². The molecule has 10 rings (SSSR count). The molecule has 0 saturated heterocycles. The van der Waals surface area contributed by atoms with Crippen LogP contribution in [0, 0.1) is 0 Å². The molecule has 5 heteroatoms. The van der Waals surface area contributed by atoms with Crippen LogP contribution in [0.15, 0.2) is 191 Å². The van der Waals surface area contributed by atoms with E-state index in [1.54, 1.807) is 0 Å². The average molecular weight is 686 g/mol. The molecule has 3 heterocycles. The summed E-state index contributed by atoms with van der Waals surface area (Å²) >= 11 is 0. The highest BCUT2D eigenvalue weighted by Gasteiger charge is 2.41. The van der Waals surface area contributed by atoms with E-state index in [1.165, 1.54) is 20.7 Å². The van der Waals surface area contributed by atoms with Crippen LogP contribution in [0.5, 0.6) is 0 Å². The van der Waals surface area contributed by atoms with Crippen LogP contribution in [0.4, 0.5) is 0 Å². The van der Waals surface area contributed by atoms with E-state index in [9.17, 15) is 0 Å². The van der Waals surface area contributed by atoms with Crippen LogP contribution in [-0.4, -0.2) is 30.8 Å². The van der Waals surface area contributed by atoms with Crippen LogP contribution < -0.4 is 20.7 Å². The SMILES string of the molecule is CN1C(c2cccc([Si](c3ccccc3)(c3ccccc3)c3ccccc3)c2)=CC=NC1n1c2ccccc2c2c3oc4ccccc4c3ccc21. The van der Waals surface area contributed by atoms with Gasteiger partial charge in [-0.25, -0.2) is 4.99 Å². The Morgan fingerprint density at radius 3 is 1.83 bits per heavy atom. The second-order valence-corrected chi connectivity index (χ2v) is 17.4. The van der Waals surface area contributed by atoms with Crippen molar-refractivity contribution in [1.29, 1.82) is 0 Å². The molecule has 52 heavy (non-hydrogen) atoms. The molecule has 9 aromatic rings. The summed E-state index contributed by atoms with van der Waals surface area (Å²) in [5, 5.41) is 9.96. The lowest BCUT2D eigenvalue weighted by atomic mass is 10.1. The van der Waals surface area contributed by atoms with Crippen molar-refractivity contribution >= 4 is 84.5 Å². The summed E-state index contributed by atoms with van der Waals surface area (Å²) in [7, 11) is -0.532. The summed E-state index contributed by atoms with van der Waals surface area (Å²) in [5.74, 6) is 0. The summed E-state index contributed by atoms with van der Waals surface area (Å²) in [6.07, 6.45) is 3.83. The zero-order valence-corrected chi connectivity index (χ0v) is 29.7. The number of para-hydroxylation sites is 2. The molecule has 248 valence electrons. The van der Waals surface area contributed by atoms with E-state index in [-0.39, 0.29) is 6.29 Å². The zero-order valence-electron chi connectivity index (χ0n) is 28.7. The fourth-order valence-electron chi connectivity index (χ4n) is 8.56. The number of furan rings is 1. The van der Waals surface area contributed by atoms with E-state index < -0.39 is 8.07 Å². The van der Waals surface area contributed by atoms with Crippen LogP contribution >= 0.6 is 0 Å². The Bertz CT molecular complexity index is 2720. The lowest BCUT2D eigenvalue weighted by molar-refractivity contribution is 0.283. The molecule has 0 spiro atoms. The van der Waals surface area contributed by atoms with Crippen molar-refractivity contribution in [2.75, 3.05) is 7.05 Å². The van der Waals surface area contributed by atoms with Gasteiger partial charge in [0.2, 0.25) is 6.29 Å². The normalized spacial score (nSPS) is 14.8. The number of benzene rings is 7. The van der Waals surface area contributed by atoms with Crippen LogP contribution in [0.25, 0.3) is 49.4 Å². The van der Waals surface area contributed by atoms with E-state index in [0.717, 1.165) is 55.0 Å². The Hall–Kier alpha value is -6.43. The molecule has 0 saturated carbocycles. The van der Waals surface area contributed by atoms with E-state index >= 15 is 0 Å². The first-order chi connectivity index (χ1) is 25.7. The second-order valence-electron chi connectivity index (χ2n) is 13.6. The molecule has 1 atom stereocenters. The number of fused-ring (bicyclic) bond motifs is 7. The van der Waals surface area contributed by atoms with Crippen LogP contribution in [0.2, 0.25) is 0 Å². The van der Waals surface area contributed by atoms with Gasteiger partial charge in [0.1, 0.15) is 11.2 Å². The minimum absolute atomic E-state index is 0.299. The molecular weight excluding hydrogens is 651 g/mol. The molecule has 0 fully saturated rings. The van der Waals surface area contributed by atoms with E-state index in [0.29, 0.717) is 0 Å². The van der Waals surface area contributed by atoms with Crippen LogP contribution in [0.1, 0.15) is 11.9 Å². The molecule has 1 aliphatic rings. The van der Waals surface area contributed by atoms with Gasteiger partial charge in [0.05, 0.1) is 16.4 Å². The molecule has 0 bridgehead atoms. The van der Waals surface area contributed by atoms with Crippen molar-refractivity contribution in [1.82, 2.24) is 9.47 Å². The molecule has 0 aliphatic carbocycles. The predicted octanol–water partition coefficient (Wildman–Crippen LogP) is 8.58. The summed E-state index contributed by atoms with van der Waals surface area (Å²) in [6, 6.07) is 63.9. The van der Waals surface area contributed by atoms with Crippen LogP contribution in [0.3, 0.4) is 0 Å². The van der Waals surface area contributed by atoms with Crippen molar-refractivity contribution in [3.05, 3.63) is 188 Å². The smallest absolute Gasteiger partial charge is 0.203 e. The van der Waals surface area contributed by atoms with Gasteiger partial charge in [-0.05, 0) is 56.7 Å². The van der Waals surface area contributed by atoms with Gasteiger partial charge in [0.25, 0.3) is 0 Å². The van der Waals surface area contributed by atoms with Gasteiger partial charge in [0.15, 0.2) is 8.07 Å². The quantitative estimate of drug-likeness (QED) is 0.130. The first kappa shape index (κ1) is 30.4. The Kier molecular flexibility index (Phi) is 7.08. The Morgan fingerprint density at radius 2 is 1.13 bits per heavy atom. The molecule has 1 unspecified atom stereocenters. The third-order valence-electron chi connectivity index (χ3n) is 10.8. The zero-order chi connectivity index (χ0) is 34.6. The third kappa shape index (κ3) is 4.49. The van der Waals surface area contributed by atoms with Crippen molar-refractivity contribution in [3.8, 4) is 0 Å². The number of nitrogens with zero attached hydrogens (tertiary/aromatic N) is 3. The molecule has 4 nitrogen and oxygen atoms in total. The van der Waals surface area contributed by atoms with Crippen molar-refractivity contribution < 1.29 is 4.42 Å². The summed E-state index contributed by atoms with van der Waals surface area (Å²) < 4.78 is 8.94. The number of aliphatic imine (C=N–C) groups is 1. The van der Waals surface area contributed by atoms with Crippen LogP contribution in [-0.2, 0) is 0 Å². The van der Waals surface area contributed by atoms with Gasteiger partial charge in [-0.1, -0.05) is 152 Å². The lowest BCUT2D eigenvalue weighted by Gasteiger charge is -2.36. The molecular formula is C47H35N3OSi. The fourth-order valence-corrected chi connectivity index (χ4v) is 13.4. The number of rotatable bonds is 6. The summed E-state index contributed by atoms with van der Waals surface area (Å²) in [5.41, 5.74) is 6.33. The molecule has 1 aliphatic heterocycles. The number of aromatic nitrogens is 1. The fraction of sp³-hybridized carbons (Fsp3) is 0.0426. The molecule has 7 aromatic carbocycles. The molecule has 0 N–H and O–H groups in total. The maximum atomic E-state index is 6.57. The Balaban J connectivity index is 1.14. The van der Waals surface area contributed by atoms with E-state index in [1.807, 2.05) is 12.3 Å². The standard InChI is InChI=1S/C47H35N3OSi/c1-49-41(33-16-15-23-37(32-33)52(34-17-5-2-6-18-34,35-19-7-3-8-20-35)36-21-9-4-10-22-36)30-31-48-47(49)50-42-26-13-11-25-40(42)45-43(50)29-28-39-38-24-12-14-27-44(38)51-46(39)45/h2-32,47H,1H3. The number of hydrogen-bond donors (Lipinski definition) is 0. The maximum absolute atomic E-state index is 6.57. The van der Waals surface area contributed by atoms with Gasteiger partial charge in [-0.3, -0.25) is 0 Å². The van der Waals surface area contributed by atoms with Crippen molar-refractivity contribution in [2.24, 2.45) is 4.99 Å². The number of allylic oxidation sites excluding steroid dienone is 1. The van der Waals surface area contributed by atoms with Crippen molar-refractivity contribution in [2.45, 2.75) is 6.29 Å². The Morgan fingerprint density at radius 1 is 0.538 bits per heavy atom. The average Bonchev–Trinajstić information content (AvgIpc) is 3.76. The summed E-state index contributed by atoms with van der Waals surface area (Å²) in [4.78, 5) is 7.44. The highest BCUT2D eigenvalue weighted by molar-refractivity contribution is 7.19. The topological polar surface area (TPSA) is 33.7 Å². The van der Waals surface area contributed by atoms with E-state index in [2.05, 4.69) is 192 Å². The molecule has 0 amide bonds. The number of hydrogen-bond acceptors (Lipinski definition) is 3. The van der Waals surface area contributed by atoms with Crippen molar-refractivity contribution in [3.63, 3.8) is 0 Å². The van der Waals surface area contributed by atoms with Gasteiger partial charge in [-0.15, -0.1) is 0 Å². The first-order valence-corrected chi connectivity index (χ1v) is 19.8. The Labute approximate surface area is 303 Å². The lowest BCUT2D eigenvalue weighted by Crippen LogP contribution is -2.74. The third-order valence-corrected chi connectivity index (χ3v) is 15.6. The highest BCUT2D eigenvalue weighted by atomic mass is 28.3. The summed E-state index contributed by atoms with van der Waals surface area (Å²) in [6.45, 7) is 0. The molecule has 2 aromatic heterocycles. The minimum Gasteiger partial charge on any atom is -0.455 e. The van der Waals surface area contributed by atoms with Gasteiger partial charge in [-0.2, -0.15) is 0 Å². The minimum atomic E-state index is -2.69. The molecule has 0 radical (unpaired) electrons. The van der Waals surface area contributed by atoms with Gasteiger partial charge < -0.3 is 13.9 Å². The largest absolute Gasteiger partial charge is 0.455 e. The monoisotopic (exact) mass is 685 g/mol. The second kappa shape index (κ2) is 12.1. The highest BCUT2D eigenvalue weighted by Crippen LogP contribution is 2.42. The predicted molar refractivity (Wildman–Crippen MR) is 220 cm³/mol. The first-order valence-electron chi connectivity index (χ1n) is 17.8.